The van der Waals surface area contributed by atoms with Gasteiger partial charge in [0.1, 0.15) is 5.82 Å². The molecule has 2 nitrogen and oxygen atoms in total. The molecule has 0 aliphatic carbocycles. The summed E-state index contributed by atoms with van der Waals surface area (Å²) >= 11 is 0. The molecule has 2 atom stereocenters. The summed E-state index contributed by atoms with van der Waals surface area (Å²) in [6.45, 7) is 4.17. The van der Waals surface area contributed by atoms with Gasteiger partial charge >= 0.3 is 0 Å². The van der Waals surface area contributed by atoms with Gasteiger partial charge in [-0.3, -0.25) is 4.90 Å². The van der Waals surface area contributed by atoms with Crippen LogP contribution in [-0.2, 0) is 6.42 Å². The van der Waals surface area contributed by atoms with Crippen LogP contribution in [0.15, 0.2) is 42.5 Å². The van der Waals surface area contributed by atoms with Crippen LogP contribution in [-0.4, -0.2) is 22.6 Å². The lowest BCUT2D eigenvalue weighted by Gasteiger charge is -2.32. The Morgan fingerprint density at radius 3 is 2.78 bits per heavy atom. The molecule has 2 aliphatic heterocycles. The summed E-state index contributed by atoms with van der Waals surface area (Å²) in [5, 5.41) is 1.36. The average Bonchev–Trinajstić information content (AvgIpc) is 3.06. The molecule has 0 saturated carbocycles. The number of benzene rings is 2. The first-order valence-electron chi connectivity index (χ1n) is 9.83. The average molecular weight is 360 g/mol. The first kappa shape index (κ1) is 16.8. The van der Waals surface area contributed by atoms with Crippen LogP contribution in [0.3, 0.4) is 0 Å². The molecule has 0 N–H and O–H groups in total. The Morgan fingerprint density at radius 2 is 1.96 bits per heavy atom. The van der Waals surface area contributed by atoms with Crippen molar-refractivity contribution in [2.75, 3.05) is 7.05 Å². The van der Waals surface area contributed by atoms with Gasteiger partial charge < -0.3 is 4.57 Å². The standard InChI is InChI=1S/C24H25FN2/c1-15-8-10-21-19(12-15)24-22-11-9-17(26(22)3)13-23(24)27(21)14-16(2)18-6-4-5-7-20(18)25/h4-8,10,12,14,17,22H,9,11,13H2,1-3H3. The fourth-order valence-electron chi connectivity index (χ4n) is 5.11. The van der Waals surface area contributed by atoms with Gasteiger partial charge in [-0.15, -0.1) is 0 Å². The normalized spacial score (nSPS) is 22.4. The molecule has 0 radical (unpaired) electrons. The highest BCUT2D eigenvalue weighted by Crippen LogP contribution is 2.47. The minimum absolute atomic E-state index is 0.160. The molecule has 1 saturated heterocycles. The molecule has 3 heteroatoms. The number of aryl methyl sites for hydroxylation is 1. The maximum absolute atomic E-state index is 14.3. The molecule has 2 bridgehead atoms. The van der Waals surface area contributed by atoms with Gasteiger partial charge in [0.25, 0.3) is 0 Å². The second-order valence-electron chi connectivity index (χ2n) is 8.16. The Hall–Kier alpha value is -2.39. The Balaban J connectivity index is 1.75. The molecule has 138 valence electrons. The van der Waals surface area contributed by atoms with Crippen molar-refractivity contribution in [3.8, 4) is 0 Å². The van der Waals surface area contributed by atoms with E-state index in [1.807, 2.05) is 19.1 Å². The minimum atomic E-state index is -0.160. The van der Waals surface area contributed by atoms with Gasteiger partial charge in [-0.05, 0) is 63.1 Å². The number of hydrogen-bond acceptors (Lipinski definition) is 1. The van der Waals surface area contributed by atoms with Crippen molar-refractivity contribution in [3.05, 3.63) is 70.7 Å². The quantitative estimate of drug-likeness (QED) is 0.561. The number of rotatable bonds is 2. The predicted octanol–water partition coefficient (Wildman–Crippen LogP) is 5.80. The van der Waals surface area contributed by atoms with E-state index in [0.29, 0.717) is 17.6 Å². The lowest BCUT2D eigenvalue weighted by atomic mass is 9.97. The number of likely N-dealkylation sites (N-methyl/N-ethyl adjacent to an activating group) is 1. The Bertz CT molecular complexity index is 1080. The maximum Gasteiger partial charge on any atom is 0.130 e. The molecule has 2 aromatic carbocycles. The lowest BCUT2D eigenvalue weighted by molar-refractivity contribution is 0.223. The van der Waals surface area contributed by atoms with Crippen molar-refractivity contribution in [3.63, 3.8) is 0 Å². The van der Waals surface area contributed by atoms with Crippen LogP contribution < -0.4 is 0 Å². The molecule has 27 heavy (non-hydrogen) atoms. The fourth-order valence-corrected chi connectivity index (χ4v) is 5.11. The summed E-state index contributed by atoms with van der Waals surface area (Å²) in [6, 6.07) is 14.9. The van der Waals surface area contributed by atoms with Crippen LogP contribution >= 0.6 is 0 Å². The van der Waals surface area contributed by atoms with Crippen LogP contribution in [0.1, 0.15) is 48.2 Å². The number of fused-ring (bicyclic) bond motifs is 6. The topological polar surface area (TPSA) is 8.17 Å². The zero-order chi connectivity index (χ0) is 18.7. The second kappa shape index (κ2) is 6.07. The van der Waals surface area contributed by atoms with Crippen LogP contribution in [0.2, 0.25) is 0 Å². The van der Waals surface area contributed by atoms with Crippen molar-refractivity contribution in [2.45, 2.75) is 45.2 Å². The fraction of sp³-hybridized carbons (Fsp3) is 0.333. The molecule has 0 amide bonds. The number of aromatic nitrogens is 1. The number of halogens is 1. The molecule has 2 aliphatic rings. The highest BCUT2D eigenvalue weighted by atomic mass is 19.1. The molecule has 3 heterocycles. The van der Waals surface area contributed by atoms with Crippen molar-refractivity contribution in [2.24, 2.45) is 0 Å². The smallest absolute Gasteiger partial charge is 0.130 e. The summed E-state index contributed by atoms with van der Waals surface area (Å²) in [6.07, 6.45) is 5.70. The first-order valence-corrected chi connectivity index (χ1v) is 9.83. The molecule has 5 rings (SSSR count). The predicted molar refractivity (Wildman–Crippen MR) is 110 cm³/mol. The molecule has 1 fully saturated rings. The van der Waals surface area contributed by atoms with Gasteiger partial charge in [0.15, 0.2) is 0 Å². The third kappa shape index (κ3) is 2.49. The molecule has 1 aromatic heterocycles. The van der Waals surface area contributed by atoms with Crippen LogP contribution in [0, 0.1) is 12.7 Å². The van der Waals surface area contributed by atoms with E-state index in [1.165, 1.54) is 46.6 Å². The summed E-state index contributed by atoms with van der Waals surface area (Å²) in [5.74, 6) is -0.160. The van der Waals surface area contributed by atoms with Gasteiger partial charge in [-0.25, -0.2) is 4.39 Å². The van der Waals surface area contributed by atoms with Crippen molar-refractivity contribution in [1.29, 1.82) is 0 Å². The lowest BCUT2D eigenvalue weighted by Crippen LogP contribution is -2.34. The van der Waals surface area contributed by atoms with Crippen molar-refractivity contribution in [1.82, 2.24) is 9.47 Å². The van der Waals surface area contributed by atoms with Crippen LogP contribution in [0.4, 0.5) is 4.39 Å². The molecule has 0 spiro atoms. The number of hydrogen-bond donors (Lipinski definition) is 0. The monoisotopic (exact) mass is 360 g/mol. The number of nitrogens with zero attached hydrogens (tertiary/aromatic N) is 2. The van der Waals surface area contributed by atoms with Crippen LogP contribution in [0.25, 0.3) is 22.7 Å². The van der Waals surface area contributed by atoms with Crippen molar-refractivity contribution < 1.29 is 4.39 Å². The van der Waals surface area contributed by atoms with E-state index in [2.05, 4.69) is 47.8 Å². The Labute approximate surface area is 159 Å². The maximum atomic E-state index is 14.3. The van der Waals surface area contributed by atoms with E-state index in [-0.39, 0.29) is 5.82 Å². The van der Waals surface area contributed by atoms with E-state index < -0.39 is 0 Å². The van der Waals surface area contributed by atoms with Crippen molar-refractivity contribution >= 4 is 22.7 Å². The van der Waals surface area contributed by atoms with Gasteiger partial charge in [0.05, 0.1) is 5.52 Å². The largest absolute Gasteiger partial charge is 0.320 e. The zero-order valence-corrected chi connectivity index (χ0v) is 16.2. The van der Waals surface area contributed by atoms with E-state index in [9.17, 15) is 4.39 Å². The molecular formula is C24H25FN2. The third-order valence-electron chi connectivity index (χ3n) is 6.53. The van der Waals surface area contributed by atoms with Gasteiger partial charge in [0.2, 0.25) is 0 Å². The summed E-state index contributed by atoms with van der Waals surface area (Å²) in [4.78, 5) is 2.56. The zero-order valence-electron chi connectivity index (χ0n) is 16.2. The van der Waals surface area contributed by atoms with Gasteiger partial charge in [-0.1, -0.05) is 29.8 Å². The van der Waals surface area contributed by atoms with Crippen LogP contribution in [0.5, 0.6) is 0 Å². The molecular weight excluding hydrogens is 335 g/mol. The van der Waals surface area contributed by atoms with E-state index in [0.717, 1.165) is 12.0 Å². The third-order valence-corrected chi connectivity index (χ3v) is 6.53. The van der Waals surface area contributed by atoms with Gasteiger partial charge in [-0.2, -0.15) is 0 Å². The van der Waals surface area contributed by atoms with E-state index in [4.69, 9.17) is 0 Å². The summed E-state index contributed by atoms with van der Waals surface area (Å²) in [5.41, 5.74) is 7.07. The minimum Gasteiger partial charge on any atom is -0.320 e. The second-order valence-corrected chi connectivity index (χ2v) is 8.16. The Morgan fingerprint density at radius 1 is 1.15 bits per heavy atom. The Kier molecular flexibility index (Phi) is 3.76. The summed E-state index contributed by atoms with van der Waals surface area (Å²) < 4.78 is 16.6. The highest BCUT2D eigenvalue weighted by molar-refractivity contribution is 5.91. The van der Waals surface area contributed by atoms with E-state index in [1.54, 1.807) is 6.07 Å². The SMILES string of the molecule is CC(=Cn1c2c(c3cc(C)ccc31)C1CCC(C2)N1C)c1ccccc1F. The van der Waals surface area contributed by atoms with Gasteiger partial charge in [0, 0.05) is 41.3 Å². The number of allylic oxidation sites excluding steroid dienone is 1. The highest BCUT2D eigenvalue weighted by Gasteiger charge is 2.40. The van der Waals surface area contributed by atoms with E-state index >= 15 is 0 Å². The summed E-state index contributed by atoms with van der Waals surface area (Å²) in [7, 11) is 2.27. The molecule has 2 unspecified atom stereocenters. The molecule has 3 aromatic rings. The first-order chi connectivity index (χ1) is 13.0.